The number of aryl methyl sites for hydroxylation is 3. The van der Waals surface area contributed by atoms with E-state index in [1.165, 1.54) is 11.3 Å². The molecular weight excluding hydrogens is 332 g/mol. The number of hydrogen-bond acceptors (Lipinski definition) is 3. The highest BCUT2D eigenvalue weighted by molar-refractivity contribution is 5.75. The number of rotatable bonds is 4. The average Bonchev–Trinajstić information content (AvgIpc) is 2.82. The van der Waals surface area contributed by atoms with Crippen LogP contribution in [0.4, 0.5) is 5.82 Å². The van der Waals surface area contributed by atoms with Gasteiger partial charge in [-0.05, 0) is 76.3 Å². The maximum Gasteiger partial charge on any atom is 0.141 e. The Morgan fingerprint density at radius 3 is 2.30 bits per heavy atom. The molecule has 0 bridgehead atoms. The smallest absolute Gasteiger partial charge is 0.141 e. The van der Waals surface area contributed by atoms with Crippen molar-refractivity contribution in [3.63, 3.8) is 0 Å². The van der Waals surface area contributed by atoms with Gasteiger partial charge in [0.05, 0.1) is 5.69 Å². The average molecular weight is 365 g/mol. The zero-order valence-corrected chi connectivity index (χ0v) is 17.9. The number of pyridine rings is 2. The van der Waals surface area contributed by atoms with Gasteiger partial charge in [0, 0.05) is 16.9 Å². The summed E-state index contributed by atoms with van der Waals surface area (Å²) in [6.45, 7) is 17.6. The molecule has 4 heteroatoms. The molecule has 0 saturated carbocycles. The Bertz CT molecular complexity index is 974. The Balaban J connectivity index is 2.20. The van der Waals surface area contributed by atoms with Crippen LogP contribution in [0.3, 0.4) is 0 Å². The fourth-order valence-electron chi connectivity index (χ4n) is 4.19. The van der Waals surface area contributed by atoms with Crippen molar-refractivity contribution in [1.29, 1.82) is 0 Å². The largest absolute Gasteiger partial charge is 0.364 e. The van der Waals surface area contributed by atoms with Crippen LogP contribution in [0.5, 0.6) is 0 Å². The van der Waals surface area contributed by atoms with E-state index < -0.39 is 0 Å². The van der Waals surface area contributed by atoms with Gasteiger partial charge in [0.15, 0.2) is 0 Å². The van der Waals surface area contributed by atoms with Crippen LogP contribution >= 0.6 is 0 Å². The molecule has 3 rings (SSSR count). The summed E-state index contributed by atoms with van der Waals surface area (Å²) in [5, 5.41) is 3.81. The van der Waals surface area contributed by atoms with Gasteiger partial charge in [0.2, 0.25) is 0 Å². The molecule has 0 atom stereocenters. The number of hydrogen-bond donors (Lipinski definition) is 1. The number of imidazole rings is 1. The lowest BCUT2D eigenvalue weighted by Crippen LogP contribution is -2.36. The number of aromatic nitrogens is 3. The van der Waals surface area contributed by atoms with Gasteiger partial charge in [-0.2, -0.15) is 0 Å². The van der Waals surface area contributed by atoms with E-state index in [1.807, 2.05) is 25.1 Å². The lowest BCUT2D eigenvalue weighted by Gasteiger charge is -2.34. The Morgan fingerprint density at radius 1 is 0.963 bits per heavy atom. The number of nitrogens with zero attached hydrogens (tertiary/aromatic N) is 3. The molecule has 3 aromatic heterocycles. The second-order valence-electron chi connectivity index (χ2n) is 9.59. The zero-order valence-electron chi connectivity index (χ0n) is 17.9. The molecule has 0 unspecified atom stereocenters. The van der Waals surface area contributed by atoms with E-state index in [1.54, 1.807) is 0 Å². The van der Waals surface area contributed by atoms with Crippen molar-refractivity contribution >= 4 is 11.5 Å². The van der Waals surface area contributed by atoms with Crippen molar-refractivity contribution in [2.24, 2.45) is 5.41 Å². The SMILES string of the molecule is Cc1cc(C)n2c(NC(C)(C)CC(C)(C)C)c(-c3cccc(C)n3)nc2c1. The molecule has 0 aliphatic rings. The standard InChI is InChI=1S/C23H32N4/c1-15-12-17(3)27-19(13-15)25-20(18-11-9-10-16(2)24-18)21(27)26-23(7,8)14-22(4,5)6/h9-13,26H,14H2,1-8H3. The van der Waals surface area contributed by atoms with Gasteiger partial charge in [-0.1, -0.05) is 26.8 Å². The van der Waals surface area contributed by atoms with E-state index in [9.17, 15) is 0 Å². The molecule has 0 spiro atoms. The van der Waals surface area contributed by atoms with Crippen molar-refractivity contribution in [3.8, 4) is 11.4 Å². The van der Waals surface area contributed by atoms with E-state index in [4.69, 9.17) is 9.97 Å². The second kappa shape index (κ2) is 6.66. The van der Waals surface area contributed by atoms with Crippen LogP contribution in [0.15, 0.2) is 30.3 Å². The minimum Gasteiger partial charge on any atom is -0.364 e. The topological polar surface area (TPSA) is 42.2 Å². The van der Waals surface area contributed by atoms with Gasteiger partial charge in [-0.15, -0.1) is 0 Å². The molecule has 3 aromatic rings. The summed E-state index contributed by atoms with van der Waals surface area (Å²) in [5.74, 6) is 1.02. The lowest BCUT2D eigenvalue weighted by molar-refractivity contribution is 0.302. The van der Waals surface area contributed by atoms with Gasteiger partial charge in [-0.25, -0.2) is 4.98 Å². The van der Waals surface area contributed by atoms with Crippen molar-refractivity contribution in [2.75, 3.05) is 5.32 Å². The molecule has 27 heavy (non-hydrogen) atoms. The highest BCUT2D eigenvalue weighted by atomic mass is 15.2. The first-order valence-corrected chi connectivity index (χ1v) is 9.67. The first-order valence-electron chi connectivity index (χ1n) is 9.67. The second-order valence-corrected chi connectivity index (χ2v) is 9.59. The van der Waals surface area contributed by atoms with Crippen molar-refractivity contribution in [3.05, 3.63) is 47.3 Å². The molecule has 0 aliphatic carbocycles. The third-order valence-corrected chi connectivity index (χ3v) is 4.61. The summed E-state index contributed by atoms with van der Waals surface area (Å²) >= 11 is 0. The quantitative estimate of drug-likeness (QED) is 0.622. The summed E-state index contributed by atoms with van der Waals surface area (Å²) in [5.41, 5.74) is 6.31. The molecular formula is C23H32N4. The van der Waals surface area contributed by atoms with Crippen LogP contribution in [0.2, 0.25) is 0 Å². The fraction of sp³-hybridized carbons (Fsp3) is 0.478. The number of nitrogens with one attached hydrogen (secondary N) is 1. The number of fused-ring (bicyclic) bond motifs is 1. The van der Waals surface area contributed by atoms with Gasteiger partial charge < -0.3 is 5.32 Å². The molecule has 0 fully saturated rings. The molecule has 0 aliphatic heterocycles. The van der Waals surface area contributed by atoms with Crippen molar-refractivity contribution in [2.45, 2.75) is 67.3 Å². The monoisotopic (exact) mass is 364 g/mol. The van der Waals surface area contributed by atoms with E-state index >= 15 is 0 Å². The van der Waals surface area contributed by atoms with Crippen LogP contribution in [-0.2, 0) is 0 Å². The molecule has 1 N–H and O–H groups in total. The molecule has 4 nitrogen and oxygen atoms in total. The van der Waals surface area contributed by atoms with E-state index in [2.05, 4.69) is 70.3 Å². The van der Waals surface area contributed by atoms with Crippen LogP contribution in [0.1, 0.15) is 58.0 Å². The summed E-state index contributed by atoms with van der Waals surface area (Å²) in [6.07, 6.45) is 1.04. The van der Waals surface area contributed by atoms with Gasteiger partial charge in [0.25, 0.3) is 0 Å². The summed E-state index contributed by atoms with van der Waals surface area (Å²) in [7, 11) is 0. The summed E-state index contributed by atoms with van der Waals surface area (Å²) in [6, 6.07) is 10.4. The van der Waals surface area contributed by atoms with E-state index in [0.717, 1.165) is 35.0 Å². The lowest BCUT2D eigenvalue weighted by atomic mass is 9.82. The molecule has 0 amide bonds. The third kappa shape index (κ3) is 4.32. The van der Waals surface area contributed by atoms with Crippen LogP contribution in [0.25, 0.3) is 17.0 Å². The molecule has 0 radical (unpaired) electrons. The maximum atomic E-state index is 4.96. The molecule has 0 saturated heterocycles. The van der Waals surface area contributed by atoms with E-state index in [-0.39, 0.29) is 11.0 Å². The van der Waals surface area contributed by atoms with Crippen molar-refractivity contribution < 1.29 is 0 Å². The Hall–Kier alpha value is -2.36. The zero-order chi connectivity index (χ0) is 20.0. The van der Waals surface area contributed by atoms with Crippen molar-refractivity contribution in [1.82, 2.24) is 14.4 Å². The minimum atomic E-state index is -0.0793. The van der Waals surface area contributed by atoms with Crippen LogP contribution < -0.4 is 5.32 Å². The van der Waals surface area contributed by atoms with Crippen LogP contribution in [-0.4, -0.2) is 19.9 Å². The minimum absolute atomic E-state index is 0.0793. The third-order valence-electron chi connectivity index (χ3n) is 4.61. The van der Waals surface area contributed by atoms with Gasteiger partial charge >= 0.3 is 0 Å². The molecule has 144 valence electrons. The first-order chi connectivity index (χ1) is 12.5. The number of anilines is 1. The normalized spacial score (nSPS) is 12.6. The summed E-state index contributed by atoms with van der Waals surface area (Å²) in [4.78, 5) is 9.70. The Labute approximate surface area is 163 Å². The first kappa shape index (κ1) is 19.4. The van der Waals surface area contributed by atoms with Crippen LogP contribution in [0, 0.1) is 26.2 Å². The van der Waals surface area contributed by atoms with Gasteiger partial charge in [0.1, 0.15) is 17.2 Å². The predicted octanol–water partition coefficient (Wildman–Crippen LogP) is 5.95. The highest BCUT2D eigenvalue weighted by Crippen LogP contribution is 2.35. The maximum absolute atomic E-state index is 4.96. The Morgan fingerprint density at radius 2 is 1.67 bits per heavy atom. The van der Waals surface area contributed by atoms with Gasteiger partial charge in [-0.3, -0.25) is 9.38 Å². The Kier molecular flexibility index (Phi) is 4.79. The molecule has 3 heterocycles. The molecule has 0 aromatic carbocycles. The summed E-state index contributed by atoms with van der Waals surface area (Å²) < 4.78 is 2.22. The highest BCUT2D eigenvalue weighted by Gasteiger charge is 2.28. The predicted molar refractivity (Wildman–Crippen MR) is 114 cm³/mol. The fourth-order valence-corrected chi connectivity index (χ4v) is 4.19. The van der Waals surface area contributed by atoms with E-state index in [0.29, 0.717) is 0 Å².